The molecule has 4 heteroatoms. The van der Waals surface area contributed by atoms with Crippen molar-refractivity contribution in [3.63, 3.8) is 0 Å². The highest BCUT2D eigenvalue weighted by Crippen LogP contribution is 2.19. The van der Waals surface area contributed by atoms with Crippen LogP contribution in [0.25, 0.3) is 0 Å². The van der Waals surface area contributed by atoms with Gasteiger partial charge in [-0.05, 0) is 61.1 Å². The Labute approximate surface area is 157 Å². The predicted octanol–water partition coefficient (Wildman–Crippen LogP) is 5.70. The Balaban J connectivity index is 1.81. The van der Waals surface area contributed by atoms with Crippen LogP contribution in [0.5, 0.6) is 5.75 Å². The highest BCUT2D eigenvalue weighted by Gasteiger charge is 2.09. The number of anilines is 1. The van der Waals surface area contributed by atoms with Gasteiger partial charge in [-0.1, -0.05) is 51.5 Å². The van der Waals surface area contributed by atoms with Crippen molar-refractivity contribution < 1.29 is 9.53 Å². The van der Waals surface area contributed by atoms with E-state index in [1.54, 1.807) is 0 Å². The highest BCUT2D eigenvalue weighted by molar-refractivity contribution is 5.89. The van der Waals surface area contributed by atoms with E-state index in [0.29, 0.717) is 5.92 Å². The molecule has 0 spiro atoms. The summed E-state index contributed by atoms with van der Waals surface area (Å²) in [5.74, 6) is 1.22. The normalized spacial score (nSPS) is 11.9. The minimum absolute atomic E-state index is 0.280. The van der Waals surface area contributed by atoms with E-state index in [0.717, 1.165) is 17.9 Å². The van der Waals surface area contributed by atoms with Gasteiger partial charge in [-0.25, -0.2) is 4.79 Å². The maximum atomic E-state index is 12.1. The smallest absolute Gasteiger partial charge is 0.322 e. The Morgan fingerprint density at radius 3 is 2.23 bits per heavy atom. The summed E-state index contributed by atoms with van der Waals surface area (Å²) in [6.07, 6.45) is 3.01. The van der Waals surface area contributed by atoms with Gasteiger partial charge in [-0.15, -0.1) is 0 Å². The molecule has 0 aliphatic heterocycles. The van der Waals surface area contributed by atoms with Crippen LogP contribution in [0.1, 0.15) is 57.6 Å². The molecule has 0 bridgehead atoms. The van der Waals surface area contributed by atoms with Crippen LogP contribution in [-0.2, 0) is 6.42 Å². The molecule has 0 saturated carbocycles. The van der Waals surface area contributed by atoms with Crippen LogP contribution < -0.4 is 15.4 Å². The van der Waals surface area contributed by atoms with Gasteiger partial charge in [0.25, 0.3) is 0 Å². The molecule has 2 rings (SSSR count). The van der Waals surface area contributed by atoms with Gasteiger partial charge in [0.1, 0.15) is 5.75 Å². The molecular formula is C22H30N2O2. The van der Waals surface area contributed by atoms with E-state index >= 15 is 0 Å². The van der Waals surface area contributed by atoms with Gasteiger partial charge in [-0.3, -0.25) is 0 Å². The van der Waals surface area contributed by atoms with E-state index in [9.17, 15) is 4.79 Å². The van der Waals surface area contributed by atoms with Crippen molar-refractivity contribution in [3.05, 3.63) is 59.7 Å². The number of hydrogen-bond acceptors (Lipinski definition) is 2. The number of urea groups is 1. The van der Waals surface area contributed by atoms with Crippen molar-refractivity contribution in [2.24, 2.45) is 0 Å². The average Bonchev–Trinajstić information content (AvgIpc) is 2.61. The summed E-state index contributed by atoms with van der Waals surface area (Å²) in [4.78, 5) is 12.1. The Kier molecular flexibility index (Phi) is 7.52. The Morgan fingerprint density at radius 2 is 1.65 bits per heavy atom. The third-order valence-corrected chi connectivity index (χ3v) is 4.22. The van der Waals surface area contributed by atoms with Gasteiger partial charge in [0.15, 0.2) is 6.23 Å². The maximum Gasteiger partial charge on any atom is 0.322 e. The van der Waals surface area contributed by atoms with E-state index in [-0.39, 0.29) is 6.03 Å². The van der Waals surface area contributed by atoms with Gasteiger partial charge >= 0.3 is 6.03 Å². The number of ether oxygens (including phenoxy) is 1. The zero-order valence-electron chi connectivity index (χ0n) is 16.2. The molecule has 2 amide bonds. The summed E-state index contributed by atoms with van der Waals surface area (Å²) >= 11 is 0. The van der Waals surface area contributed by atoms with Gasteiger partial charge in [0.2, 0.25) is 0 Å². The average molecular weight is 354 g/mol. The summed E-state index contributed by atoms with van der Waals surface area (Å²) in [6, 6.07) is 15.7. The second kappa shape index (κ2) is 9.85. The Bertz CT molecular complexity index is 678. The van der Waals surface area contributed by atoms with Gasteiger partial charge in [-0.2, -0.15) is 0 Å². The van der Waals surface area contributed by atoms with E-state index in [4.69, 9.17) is 4.74 Å². The number of hydrogen-bond donors (Lipinski definition) is 2. The summed E-state index contributed by atoms with van der Waals surface area (Å²) in [6.45, 7) is 8.30. The molecule has 0 aliphatic rings. The largest absolute Gasteiger partial charge is 0.471 e. The molecule has 2 N–H and O–H groups in total. The highest BCUT2D eigenvalue weighted by atomic mass is 16.5. The topological polar surface area (TPSA) is 50.4 Å². The SMILES string of the molecule is CCCCc1ccc(NC(=O)NC(C)Oc2ccc(C(C)C)cc2)cc1. The molecule has 2 aromatic carbocycles. The zero-order valence-corrected chi connectivity index (χ0v) is 16.2. The molecule has 4 nitrogen and oxygen atoms in total. The quantitative estimate of drug-likeness (QED) is 0.598. The molecule has 26 heavy (non-hydrogen) atoms. The molecule has 140 valence electrons. The summed E-state index contributed by atoms with van der Waals surface area (Å²) < 4.78 is 5.75. The van der Waals surface area contributed by atoms with E-state index < -0.39 is 6.23 Å². The Hall–Kier alpha value is -2.49. The third kappa shape index (κ3) is 6.43. The molecule has 2 aromatic rings. The van der Waals surface area contributed by atoms with Gasteiger partial charge in [0, 0.05) is 5.69 Å². The molecule has 0 saturated heterocycles. The fraction of sp³-hybridized carbons (Fsp3) is 0.409. The number of carbonyl (C=O) groups excluding carboxylic acids is 1. The first-order chi connectivity index (χ1) is 12.5. The Morgan fingerprint density at radius 1 is 1.00 bits per heavy atom. The van der Waals surface area contributed by atoms with Crippen molar-refractivity contribution in [3.8, 4) is 5.75 Å². The van der Waals surface area contributed by atoms with Crippen molar-refractivity contribution >= 4 is 11.7 Å². The van der Waals surface area contributed by atoms with Gasteiger partial charge in [0.05, 0.1) is 0 Å². The van der Waals surface area contributed by atoms with Crippen molar-refractivity contribution in [2.45, 2.75) is 59.1 Å². The van der Waals surface area contributed by atoms with Crippen LogP contribution in [0.15, 0.2) is 48.5 Å². The number of benzene rings is 2. The number of carbonyl (C=O) groups is 1. The van der Waals surface area contributed by atoms with E-state index in [1.807, 2.05) is 43.3 Å². The molecule has 0 aromatic heterocycles. The van der Waals surface area contributed by atoms with E-state index in [2.05, 4.69) is 43.5 Å². The standard InChI is InChI=1S/C22H30N2O2/c1-5-6-7-18-8-12-20(13-9-18)24-22(25)23-17(4)26-21-14-10-19(11-15-21)16(2)3/h8-17H,5-7H2,1-4H3,(H2,23,24,25). The van der Waals surface area contributed by atoms with Gasteiger partial charge < -0.3 is 15.4 Å². The summed E-state index contributed by atoms with van der Waals surface area (Å²) in [5.41, 5.74) is 3.33. The molecule has 0 fully saturated rings. The van der Waals surface area contributed by atoms with Crippen LogP contribution in [0, 0.1) is 0 Å². The first-order valence-electron chi connectivity index (χ1n) is 9.41. The third-order valence-electron chi connectivity index (χ3n) is 4.22. The number of aryl methyl sites for hydroxylation is 1. The lowest BCUT2D eigenvalue weighted by molar-refractivity contribution is 0.183. The number of amides is 2. The number of nitrogens with one attached hydrogen (secondary N) is 2. The second-order valence-electron chi connectivity index (χ2n) is 6.88. The fourth-order valence-electron chi connectivity index (χ4n) is 2.65. The summed E-state index contributed by atoms with van der Waals surface area (Å²) in [5, 5.41) is 5.63. The molecule has 1 atom stereocenters. The maximum absolute atomic E-state index is 12.1. The minimum atomic E-state index is -0.427. The first-order valence-corrected chi connectivity index (χ1v) is 9.41. The lowest BCUT2D eigenvalue weighted by Gasteiger charge is -2.17. The van der Waals surface area contributed by atoms with Crippen LogP contribution in [0.3, 0.4) is 0 Å². The predicted molar refractivity (Wildman–Crippen MR) is 108 cm³/mol. The fourth-order valence-corrected chi connectivity index (χ4v) is 2.65. The molecule has 0 radical (unpaired) electrons. The minimum Gasteiger partial charge on any atom is -0.471 e. The van der Waals surface area contributed by atoms with Crippen LogP contribution >= 0.6 is 0 Å². The lowest BCUT2D eigenvalue weighted by atomic mass is 10.0. The first kappa shape index (κ1) is 19.8. The van der Waals surface area contributed by atoms with Crippen molar-refractivity contribution in [2.75, 3.05) is 5.32 Å². The molecule has 1 unspecified atom stereocenters. The molecule has 0 heterocycles. The molecular weight excluding hydrogens is 324 g/mol. The number of rotatable bonds is 8. The van der Waals surface area contributed by atoms with Crippen molar-refractivity contribution in [1.82, 2.24) is 5.32 Å². The van der Waals surface area contributed by atoms with Crippen molar-refractivity contribution in [1.29, 1.82) is 0 Å². The number of unbranched alkanes of at least 4 members (excludes halogenated alkanes) is 1. The van der Waals surface area contributed by atoms with E-state index in [1.165, 1.54) is 24.0 Å². The van der Waals surface area contributed by atoms with Crippen LogP contribution in [0.2, 0.25) is 0 Å². The summed E-state index contributed by atoms with van der Waals surface area (Å²) in [7, 11) is 0. The molecule has 0 aliphatic carbocycles. The van der Waals surface area contributed by atoms with Crippen LogP contribution in [-0.4, -0.2) is 12.3 Å². The zero-order chi connectivity index (χ0) is 18.9. The monoisotopic (exact) mass is 354 g/mol. The lowest BCUT2D eigenvalue weighted by Crippen LogP contribution is -2.39. The second-order valence-corrected chi connectivity index (χ2v) is 6.88. The van der Waals surface area contributed by atoms with Crippen LogP contribution in [0.4, 0.5) is 10.5 Å².